The van der Waals surface area contributed by atoms with Crippen molar-refractivity contribution in [3.63, 3.8) is 0 Å². The Morgan fingerprint density at radius 2 is 1.96 bits per heavy atom. The first-order chi connectivity index (χ1) is 13.4. The summed E-state index contributed by atoms with van der Waals surface area (Å²) in [6, 6.07) is 0. The molecule has 7 heteroatoms. The lowest BCUT2D eigenvalue weighted by Crippen LogP contribution is -2.36. The van der Waals surface area contributed by atoms with E-state index >= 15 is 0 Å². The van der Waals surface area contributed by atoms with Gasteiger partial charge < -0.3 is 15.2 Å². The van der Waals surface area contributed by atoms with Crippen LogP contribution in [0.4, 0.5) is 5.00 Å². The fourth-order valence-corrected chi connectivity index (χ4v) is 6.47. The average molecular weight is 404 g/mol. The number of carboxylic acid groups (broad SMARTS) is 1. The monoisotopic (exact) mass is 403 g/mol. The van der Waals surface area contributed by atoms with Gasteiger partial charge in [0, 0.05) is 4.88 Å². The van der Waals surface area contributed by atoms with Crippen molar-refractivity contribution < 1.29 is 24.2 Å². The van der Waals surface area contributed by atoms with E-state index in [4.69, 9.17) is 4.74 Å². The minimum atomic E-state index is -0.929. The number of fused-ring (bicyclic) bond motifs is 3. The average Bonchev–Trinajstić information content (AvgIpc) is 3.38. The van der Waals surface area contributed by atoms with E-state index < -0.39 is 23.8 Å². The van der Waals surface area contributed by atoms with Crippen LogP contribution in [0.2, 0.25) is 0 Å². The van der Waals surface area contributed by atoms with Crippen LogP contribution in [-0.2, 0) is 27.2 Å². The summed E-state index contributed by atoms with van der Waals surface area (Å²) in [6.07, 6.45) is 8.41. The summed E-state index contributed by atoms with van der Waals surface area (Å²) in [4.78, 5) is 38.4. The second-order valence-electron chi connectivity index (χ2n) is 8.04. The van der Waals surface area contributed by atoms with Gasteiger partial charge in [0.25, 0.3) is 0 Å². The molecule has 3 aliphatic carbocycles. The Kier molecular flexibility index (Phi) is 5.04. The van der Waals surface area contributed by atoms with Gasteiger partial charge in [0.15, 0.2) is 0 Å². The minimum Gasteiger partial charge on any atom is -0.481 e. The molecule has 6 nitrogen and oxygen atoms in total. The summed E-state index contributed by atoms with van der Waals surface area (Å²) in [5.41, 5.74) is 1.44. The molecular formula is C21H25NO5S. The van der Waals surface area contributed by atoms with E-state index in [1.54, 1.807) is 0 Å². The maximum absolute atomic E-state index is 13.1. The fourth-order valence-electron chi connectivity index (χ4n) is 5.12. The van der Waals surface area contributed by atoms with Crippen molar-refractivity contribution in [3.8, 4) is 0 Å². The number of amides is 1. The Labute approximate surface area is 168 Å². The van der Waals surface area contributed by atoms with E-state index in [0.29, 0.717) is 22.9 Å². The zero-order valence-corrected chi connectivity index (χ0v) is 16.9. The van der Waals surface area contributed by atoms with Gasteiger partial charge in [0.1, 0.15) is 5.00 Å². The highest BCUT2D eigenvalue weighted by molar-refractivity contribution is 7.17. The van der Waals surface area contributed by atoms with Gasteiger partial charge in [-0.05, 0) is 49.0 Å². The number of rotatable bonds is 5. The number of carbonyl (C=O) groups excluding carboxylic acids is 2. The molecule has 1 heterocycles. The summed E-state index contributed by atoms with van der Waals surface area (Å²) >= 11 is 1.44. The molecule has 2 bridgehead atoms. The van der Waals surface area contributed by atoms with Crippen molar-refractivity contribution >= 4 is 34.2 Å². The molecule has 0 saturated heterocycles. The van der Waals surface area contributed by atoms with E-state index in [2.05, 4.69) is 12.2 Å². The SMILES string of the molecule is CC[C@H]1CCc2c(sc(NC(=O)[C@@H]3[C@@H](C(=O)O)[C@H]4C=C[C@H]3C4)c2C(=O)OC)C1. The van der Waals surface area contributed by atoms with Gasteiger partial charge in [0.05, 0.1) is 24.5 Å². The summed E-state index contributed by atoms with van der Waals surface area (Å²) in [5, 5.41) is 13.0. The van der Waals surface area contributed by atoms with E-state index in [9.17, 15) is 19.5 Å². The second-order valence-corrected chi connectivity index (χ2v) is 9.15. The van der Waals surface area contributed by atoms with Crippen LogP contribution in [0.5, 0.6) is 0 Å². The molecule has 28 heavy (non-hydrogen) atoms. The molecule has 0 aliphatic heterocycles. The number of nitrogens with one attached hydrogen (secondary N) is 1. The number of anilines is 1. The van der Waals surface area contributed by atoms with Crippen LogP contribution in [0, 0.1) is 29.6 Å². The van der Waals surface area contributed by atoms with E-state index in [0.717, 1.165) is 36.1 Å². The first-order valence-corrected chi connectivity index (χ1v) is 10.7. The Hall–Kier alpha value is -2.15. The molecule has 1 fully saturated rings. The Bertz CT molecular complexity index is 857. The van der Waals surface area contributed by atoms with Crippen molar-refractivity contribution in [2.45, 2.75) is 39.0 Å². The van der Waals surface area contributed by atoms with Crippen molar-refractivity contribution in [1.82, 2.24) is 0 Å². The van der Waals surface area contributed by atoms with Gasteiger partial charge in [-0.15, -0.1) is 11.3 Å². The van der Waals surface area contributed by atoms with Crippen molar-refractivity contribution in [3.05, 3.63) is 28.2 Å². The number of hydrogen-bond donors (Lipinski definition) is 2. The smallest absolute Gasteiger partial charge is 0.341 e. The first-order valence-electron chi connectivity index (χ1n) is 9.89. The van der Waals surface area contributed by atoms with Gasteiger partial charge in [-0.2, -0.15) is 0 Å². The lowest BCUT2D eigenvalue weighted by atomic mass is 9.82. The van der Waals surface area contributed by atoms with E-state index in [1.165, 1.54) is 18.4 Å². The Morgan fingerprint density at radius 3 is 2.61 bits per heavy atom. The molecule has 5 atom stereocenters. The summed E-state index contributed by atoms with van der Waals surface area (Å²) in [5.74, 6) is -2.51. The van der Waals surface area contributed by atoms with Crippen molar-refractivity contribution in [1.29, 1.82) is 0 Å². The Balaban J connectivity index is 1.63. The predicted molar refractivity (Wildman–Crippen MR) is 105 cm³/mol. The number of hydrogen-bond acceptors (Lipinski definition) is 5. The van der Waals surface area contributed by atoms with Gasteiger partial charge in [-0.25, -0.2) is 4.79 Å². The van der Waals surface area contributed by atoms with Gasteiger partial charge in [0.2, 0.25) is 5.91 Å². The van der Waals surface area contributed by atoms with Gasteiger partial charge in [-0.3, -0.25) is 9.59 Å². The number of esters is 1. The molecule has 4 rings (SSSR count). The number of carboxylic acids is 1. The van der Waals surface area contributed by atoms with Crippen LogP contribution in [-0.4, -0.2) is 30.1 Å². The summed E-state index contributed by atoms with van der Waals surface area (Å²) in [6.45, 7) is 2.17. The molecule has 0 radical (unpaired) electrons. The maximum Gasteiger partial charge on any atom is 0.341 e. The second kappa shape index (κ2) is 7.35. The molecule has 2 N–H and O–H groups in total. The van der Waals surface area contributed by atoms with Crippen molar-refractivity contribution in [2.75, 3.05) is 12.4 Å². The van der Waals surface area contributed by atoms with Crippen LogP contribution in [0.15, 0.2) is 12.2 Å². The van der Waals surface area contributed by atoms with E-state index in [1.807, 2.05) is 12.2 Å². The maximum atomic E-state index is 13.1. The molecule has 150 valence electrons. The Morgan fingerprint density at radius 1 is 1.25 bits per heavy atom. The van der Waals surface area contributed by atoms with Crippen LogP contribution < -0.4 is 5.32 Å². The number of aliphatic carboxylic acids is 1. The highest BCUT2D eigenvalue weighted by Crippen LogP contribution is 2.49. The zero-order valence-electron chi connectivity index (χ0n) is 16.1. The third-order valence-corrected chi connectivity index (χ3v) is 7.79. The van der Waals surface area contributed by atoms with Crippen LogP contribution in [0.25, 0.3) is 0 Å². The highest BCUT2D eigenvalue weighted by Gasteiger charge is 2.51. The third kappa shape index (κ3) is 3.05. The van der Waals surface area contributed by atoms with Crippen LogP contribution in [0.1, 0.15) is 47.0 Å². The zero-order chi connectivity index (χ0) is 20.0. The first kappa shape index (κ1) is 19.2. The molecule has 0 unspecified atom stereocenters. The van der Waals surface area contributed by atoms with Gasteiger partial charge in [-0.1, -0.05) is 25.5 Å². The lowest BCUT2D eigenvalue weighted by Gasteiger charge is -2.23. The third-order valence-electron chi connectivity index (χ3n) is 6.62. The molecule has 1 amide bonds. The molecule has 3 aliphatic rings. The molecule has 0 aromatic carbocycles. The number of allylic oxidation sites excluding steroid dienone is 2. The normalized spacial score (nSPS) is 30.1. The van der Waals surface area contributed by atoms with Crippen LogP contribution >= 0.6 is 11.3 Å². The molecule has 0 spiro atoms. The minimum absolute atomic E-state index is 0.0493. The summed E-state index contributed by atoms with van der Waals surface area (Å²) in [7, 11) is 1.34. The fraction of sp³-hybridized carbons (Fsp3) is 0.571. The van der Waals surface area contributed by atoms with Gasteiger partial charge >= 0.3 is 11.9 Å². The van der Waals surface area contributed by atoms with E-state index in [-0.39, 0.29) is 17.7 Å². The molecule has 1 saturated carbocycles. The predicted octanol–water partition coefficient (Wildman–Crippen LogP) is 3.51. The quantitative estimate of drug-likeness (QED) is 0.580. The van der Waals surface area contributed by atoms with Crippen LogP contribution in [0.3, 0.4) is 0 Å². The highest BCUT2D eigenvalue weighted by atomic mass is 32.1. The molecular weight excluding hydrogens is 378 g/mol. The number of carbonyl (C=O) groups is 3. The molecule has 1 aromatic rings. The molecule has 1 aromatic heterocycles. The lowest BCUT2D eigenvalue weighted by molar-refractivity contribution is -0.146. The number of ether oxygens (including phenoxy) is 1. The topological polar surface area (TPSA) is 92.7 Å². The number of methoxy groups -OCH3 is 1. The van der Waals surface area contributed by atoms with Crippen molar-refractivity contribution in [2.24, 2.45) is 29.6 Å². The number of thiophene rings is 1. The largest absolute Gasteiger partial charge is 0.481 e. The standard InChI is InChI=1S/C21H25NO5S/c1-3-10-4-7-13-14(8-10)28-19(17(13)21(26)27-2)22-18(23)15-11-5-6-12(9-11)16(15)20(24)25/h5-6,10-12,15-16H,3-4,7-9H2,1-2H3,(H,22,23)(H,24,25)/t10-,11-,12-,15-,16-/m0/s1. The summed E-state index contributed by atoms with van der Waals surface area (Å²) < 4.78 is 4.98.